The summed E-state index contributed by atoms with van der Waals surface area (Å²) in [5.74, 6) is -1.89. The van der Waals surface area contributed by atoms with Crippen molar-refractivity contribution in [3.8, 4) is 0 Å². The van der Waals surface area contributed by atoms with Crippen LogP contribution in [-0.2, 0) is 4.79 Å². The topological polar surface area (TPSA) is 99.6 Å². The van der Waals surface area contributed by atoms with Crippen molar-refractivity contribution >= 4 is 29.1 Å². The van der Waals surface area contributed by atoms with Crippen molar-refractivity contribution in [2.45, 2.75) is 13.3 Å². The number of hydrogen-bond acceptors (Lipinski definition) is 5. The van der Waals surface area contributed by atoms with Crippen molar-refractivity contribution in [2.24, 2.45) is 0 Å². The van der Waals surface area contributed by atoms with Gasteiger partial charge < -0.3 is 15.3 Å². The zero-order valence-corrected chi connectivity index (χ0v) is 11.5. The molecule has 0 fully saturated rings. The van der Waals surface area contributed by atoms with Crippen LogP contribution in [0.5, 0.6) is 0 Å². The maximum Gasteiger partial charge on any atom is 0.355 e. The average Bonchev–Trinajstić information content (AvgIpc) is 2.86. The van der Waals surface area contributed by atoms with E-state index in [1.165, 1.54) is 17.3 Å². The van der Waals surface area contributed by atoms with Gasteiger partial charge in [0, 0.05) is 19.0 Å². The second-order valence-corrected chi connectivity index (χ2v) is 4.60. The van der Waals surface area contributed by atoms with Gasteiger partial charge in [0.1, 0.15) is 0 Å². The lowest BCUT2D eigenvalue weighted by Gasteiger charge is -2.19. The van der Waals surface area contributed by atoms with Crippen LogP contribution in [0.2, 0.25) is 0 Å². The predicted octanol–water partition coefficient (Wildman–Crippen LogP) is 0.440. The van der Waals surface area contributed by atoms with Crippen LogP contribution in [-0.4, -0.2) is 52.9 Å². The number of carbonyl (C=O) groups excluding carboxylic acids is 2. The molecule has 8 heteroatoms. The Bertz CT molecular complexity index is 486. The molecule has 0 radical (unpaired) electrons. The van der Waals surface area contributed by atoms with E-state index in [4.69, 9.17) is 5.11 Å². The van der Waals surface area contributed by atoms with E-state index in [1.807, 2.05) is 6.92 Å². The minimum atomic E-state index is -1.18. The molecule has 0 aliphatic carbocycles. The smallest absolute Gasteiger partial charge is 0.355 e. The normalized spacial score (nSPS) is 10.0. The van der Waals surface area contributed by atoms with E-state index in [1.54, 1.807) is 0 Å². The molecule has 104 valence electrons. The van der Waals surface area contributed by atoms with Gasteiger partial charge in [0.15, 0.2) is 10.7 Å². The van der Waals surface area contributed by atoms with Gasteiger partial charge in [-0.3, -0.25) is 9.59 Å². The van der Waals surface area contributed by atoms with E-state index < -0.39 is 11.9 Å². The van der Waals surface area contributed by atoms with Gasteiger partial charge in [0.05, 0.1) is 6.54 Å². The van der Waals surface area contributed by atoms with E-state index in [2.05, 4.69) is 10.3 Å². The molecule has 1 heterocycles. The predicted molar refractivity (Wildman–Crippen MR) is 69.3 cm³/mol. The van der Waals surface area contributed by atoms with Crippen molar-refractivity contribution in [2.75, 3.05) is 20.1 Å². The van der Waals surface area contributed by atoms with Crippen LogP contribution < -0.4 is 5.32 Å². The van der Waals surface area contributed by atoms with Crippen LogP contribution in [0.4, 0.5) is 0 Å². The number of hydrogen-bond donors (Lipinski definition) is 2. The van der Waals surface area contributed by atoms with Gasteiger partial charge in [-0.1, -0.05) is 6.92 Å². The van der Waals surface area contributed by atoms with Gasteiger partial charge >= 0.3 is 5.97 Å². The number of aromatic nitrogens is 1. The standard InChI is InChI=1S/C11H15N3O4S/c1-3-4-14(5-8(15)12-2)10(16)9-13-7(6-19-9)11(17)18/h6H,3-5H2,1-2H3,(H,12,15)(H,17,18). The molecule has 2 amide bonds. The SMILES string of the molecule is CCCN(CC(=O)NC)C(=O)c1nc(C(=O)O)cs1. The number of carbonyl (C=O) groups is 3. The highest BCUT2D eigenvalue weighted by Gasteiger charge is 2.21. The lowest BCUT2D eigenvalue weighted by atomic mass is 10.3. The Morgan fingerprint density at radius 3 is 2.63 bits per heavy atom. The third kappa shape index (κ3) is 4.02. The molecular weight excluding hydrogens is 270 g/mol. The highest BCUT2D eigenvalue weighted by atomic mass is 32.1. The molecule has 2 N–H and O–H groups in total. The number of nitrogens with zero attached hydrogens (tertiary/aromatic N) is 2. The number of likely N-dealkylation sites (N-methyl/N-ethyl adjacent to an activating group) is 1. The first-order chi connectivity index (χ1) is 8.99. The Kier molecular flexibility index (Phi) is 5.43. The van der Waals surface area contributed by atoms with Gasteiger partial charge in [-0.2, -0.15) is 0 Å². The van der Waals surface area contributed by atoms with Crippen LogP contribution in [0.25, 0.3) is 0 Å². The second-order valence-electron chi connectivity index (χ2n) is 3.74. The number of aromatic carboxylic acids is 1. The first kappa shape index (κ1) is 15.1. The molecule has 0 aromatic carbocycles. The summed E-state index contributed by atoms with van der Waals surface area (Å²) in [7, 11) is 1.49. The molecule has 19 heavy (non-hydrogen) atoms. The largest absolute Gasteiger partial charge is 0.476 e. The Balaban J connectivity index is 2.85. The molecule has 0 spiro atoms. The Labute approximate surface area is 114 Å². The average molecular weight is 285 g/mol. The molecule has 0 atom stereocenters. The fourth-order valence-corrected chi connectivity index (χ4v) is 2.14. The first-order valence-electron chi connectivity index (χ1n) is 5.68. The van der Waals surface area contributed by atoms with Crippen LogP contribution in [0, 0.1) is 0 Å². The monoisotopic (exact) mass is 285 g/mol. The third-order valence-electron chi connectivity index (χ3n) is 2.30. The fraction of sp³-hybridized carbons (Fsp3) is 0.455. The maximum absolute atomic E-state index is 12.1. The van der Waals surface area contributed by atoms with Crippen molar-refractivity contribution in [1.29, 1.82) is 0 Å². The molecule has 0 bridgehead atoms. The minimum absolute atomic E-state index is 0.0643. The lowest BCUT2D eigenvalue weighted by molar-refractivity contribution is -0.121. The summed E-state index contributed by atoms with van der Waals surface area (Å²) in [6.07, 6.45) is 0.694. The quantitative estimate of drug-likeness (QED) is 0.790. The third-order valence-corrected chi connectivity index (χ3v) is 3.13. The lowest BCUT2D eigenvalue weighted by Crippen LogP contribution is -2.40. The summed E-state index contributed by atoms with van der Waals surface area (Å²) < 4.78 is 0. The highest BCUT2D eigenvalue weighted by molar-refractivity contribution is 7.11. The molecule has 0 saturated heterocycles. The van der Waals surface area contributed by atoms with E-state index in [0.29, 0.717) is 13.0 Å². The number of carboxylic acids is 1. The number of carboxylic acid groups (broad SMARTS) is 1. The summed E-state index contributed by atoms with van der Waals surface area (Å²) in [6.45, 7) is 2.23. The molecule has 1 rings (SSSR count). The molecule has 0 aliphatic rings. The van der Waals surface area contributed by atoms with E-state index in [9.17, 15) is 14.4 Å². The molecule has 0 aliphatic heterocycles. The maximum atomic E-state index is 12.1. The van der Waals surface area contributed by atoms with Crippen molar-refractivity contribution in [1.82, 2.24) is 15.2 Å². The Morgan fingerprint density at radius 2 is 2.16 bits per heavy atom. The summed E-state index contributed by atoms with van der Waals surface area (Å²) in [5.41, 5.74) is -0.162. The van der Waals surface area contributed by atoms with Crippen molar-refractivity contribution < 1.29 is 19.5 Å². The van der Waals surface area contributed by atoms with Gasteiger partial charge in [0.2, 0.25) is 5.91 Å². The first-order valence-corrected chi connectivity index (χ1v) is 6.56. The zero-order valence-electron chi connectivity index (χ0n) is 10.7. The Morgan fingerprint density at radius 1 is 1.47 bits per heavy atom. The summed E-state index contributed by atoms with van der Waals surface area (Å²) in [6, 6.07) is 0. The second kappa shape index (κ2) is 6.83. The van der Waals surface area contributed by atoms with Gasteiger partial charge in [-0.25, -0.2) is 9.78 Å². The zero-order chi connectivity index (χ0) is 14.4. The summed E-state index contributed by atoms with van der Waals surface area (Å²) in [4.78, 5) is 39.3. The van der Waals surface area contributed by atoms with Gasteiger partial charge in [-0.05, 0) is 6.42 Å². The van der Waals surface area contributed by atoms with Crippen molar-refractivity contribution in [3.63, 3.8) is 0 Å². The van der Waals surface area contributed by atoms with Crippen LogP contribution in [0.3, 0.4) is 0 Å². The van der Waals surface area contributed by atoms with Gasteiger partial charge in [0.25, 0.3) is 5.91 Å². The Hall–Kier alpha value is -1.96. The fourth-order valence-electron chi connectivity index (χ4n) is 1.38. The van der Waals surface area contributed by atoms with Crippen molar-refractivity contribution in [3.05, 3.63) is 16.1 Å². The van der Waals surface area contributed by atoms with Crippen LogP contribution >= 0.6 is 11.3 Å². The number of nitrogens with one attached hydrogen (secondary N) is 1. The van der Waals surface area contributed by atoms with Gasteiger partial charge in [-0.15, -0.1) is 11.3 Å². The molecular formula is C11H15N3O4S. The van der Waals surface area contributed by atoms with E-state index in [-0.39, 0.29) is 23.2 Å². The van der Waals surface area contributed by atoms with Crippen LogP contribution in [0.15, 0.2) is 5.38 Å². The molecule has 0 saturated carbocycles. The molecule has 1 aromatic heterocycles. The number of amides is 2. The summed E-state index contributed by atoms with van der Waals surface area (Å²) >= 11 is 0.960. The summed E-state index contributed by atoms with van der Waals surface area (Å²) in [5, 5.41) is 12.6. The number of rotatable bonds is 6. The van der Waals surface area contributed by atoms with E-state index >= 15 is 0 Å². The molecule has 7 nitrogen and oxygen atoms in total. The van der Waals surface area contributed by atoms with E-state index in [0.717, 1.165) is 11.3 Å². The molecule has 0 unspecified atom stereocenters. The minimum Gasteiger partial charge on any atom is -0.476 e. The van der Waals surface area contributed by atoms with Crippen LogP contribution in [0.1, 0.15) is 33.6 Å². The highest BCUT2D eigenvalue weighted by Crippen LogP contribution is 2.13. The molecule has 1 aromatic rings. The number of thiazole rings is 1.